The van der Waals surface area contributed by atoms with Crippen LogP contribution < -0.4 is 0 Å². The van der Waals surface area contributed by atoms with E-state index in [9.17, 15) is 4.79 Å². The average Bonchev–Trinajstić information content (AvgIpc) is 1.83. The van der Waals surface area contributed by atoms with Gasteiger partial charge in [-0.05, 0) is 6.92 Å². The first-order chi connectivity index (χ1) is 4.16. The van der Waals surface area contributed by atoms with Crippen molar-refractivity contribution >= 4 is 5.97 Å². The number of ether oxygens (including phenoxy) is 1. The van der Waals surface area contributed by atoms with Gasteiger partial charge in [-0.3, -0.25) is 4.79 Å². The van der Waals surface area contributed by atoms with Gasteiger partial charge in [0.15, 0.2) is 0 Å². The molecule has 0 amide bonds. The predicted octanol–water partition coefficient (Wildman–Crippen LogP) is 0.320. The molecule has 0 heterocycles. The van der Waals surface area contributed by atoms with E-state index in [2.05, 4.69) is 4.74 Å². The van der Waals surface area contributed by atoms with E-state index in [0.717, 1.165) is 0 Å². The summed E-state index contributed by atoms with van der Waals surface area (Å²) in [6.45, 7) is 3.39. The van der Waals surface area contributed by atoms with Crippen molar-refractivity contribution < 1.29 is 14.6 Å². The van der Waals surface area contributed by atoms with Crippen molar-refractivity contribution in [3.63, 3.8) is 0 Å². The van der Waals surface area contributed by atoms with Crippen LogP contribution in [0.5, 0.6) is 0 Å². The lowest BCUT2D eigenvalue weighted by atomic mass is 10.4. The molecule has 0 aliphatic heterocycles. The Kier molecular flexibility index (Phi) is 4.05. The number of hydrogen-bond acceptors (Lipinski definition) is 3. The molecule has 0 bridgehead atoms. The quantitative estimate of drug-likeness (QED) is 0.562. The van der Waals surface area contributed by atoms with E-state index in [1.807, 2.05) is 0 Å². The second-order valence-electron chi connectivity index (χ2n) is 1.89. The normalized spacial score (nSPS) is 12.8. The topological polar surface area (TPSA) is 46.5 Å². The van der Waals surface area contributed by atoms with E-state index in [0.29, 0.717) is 6.42 Å². The molecule has 0 aromatic rings. The first-order valence-electron chi connectivity index (χ1n) is 3.00. The first kappa shape index (κ1) is 8.43. The van der Waals surface area contributed by atoms with Gasteiger partial charge in [0.25, 0.3) is 0 Å². The van der Waals surface area contributed by atoms with E-state index >= 15 is 0 Å². The van der Waals surface area contributed by atoms with Crippen LogP contribution in [-0.4, -0.2) is 23.8 Å². The average molecular weight is 132 g/mol. The number of esters is 1. The SMILES string of the molecule is CCC(=O)OCC(C)O. The molecular weight excluding hydrogens is 120 g/mol. The third-order valence-corrected chi connectivity index (χ3v) is 0.774. The van der Waals surface area contributed by atoms with E-state index in [1.165, 1.54) is 0 Å². The molecular formula is C6H12O3. The van der Waals surface area contributed by atoms with Crippen molar-refractivity contribution in [1.82, 2.24) is 0 Å². The zero-order chi connectivity index (χ0) is 7.28. The van der Waals surface area contributed by atoms with Crippen molar-refractivity contribution in [3.8, 4) is 0 Å². The van der Waals surface area contributed by atoms with Crippen molar-refractivity contribution in [3.05, 3.63) is 0 Å². The molecule has 1 N–H and O–H groups in total. The van der Waals surface area contributed by atoms with Crippen LogP contribution in [0.15, 0.2) is 0 Å². The number of aliphatic hydroxyl groups is 1. The highest BCUT2D eigenvalue weighted by Gasteiger charge is 1.99. The molecule has 9 heavy (non-hydrogen) atoms. The Bertz CT molecular complexity index is 88.3. The van der Waals surface area contributed by atoms with E-state index < -0.39 is 6.10 Å². The molecule has 1 unspecified atom stereocenters. The molecule has 0 spiro atoms. The Morgan fingerprint density at radius 2 is 2.33 bits per heavy atom. The van der Waals surface area contributed by atoms with Gasteiger partial charge in [0, 0.05) is 6.42 Å². The Labute approximate surface area is 54.6 Å². The van der Waals surface area contributed by atoms with Crippen LogP contribution in [-0.2, 0) is 9.53 Å². The first-order valence-corrected chi connectivity index (χ1v) is 3.00. The summed E-state index contributed by atoms with van der Waals surface area (Å²) >= 11 is 0. The fraction of sp³-hybridized carbons (Fsp3) is 0.833. The lowest BCUT2D eigenvalue weighted by Crippen LogP contribution is -2.14. The molecule has 3 heteroatoms. The van der Waals surface area contributed by atoms with Crippen molar-refractivity contribution in [2.24, 2.45) is 0 Å². The minimum atomic E-state index is -0.555. The molecule has 3 nitrogen and oxygen atoms in total. The molecule has 0 rings (SSSR count). The van der Waals surface area contributed by atoms with Crippen LogP contribution in [0.4, 0.5) is 0 Å². The number of aliphatic hydroxyl groups excluding tert-OH is 1. The highest BCUT2D eigenvalue weighted by Crippen LogP contribution is 1.86. The largest absolute Gasteiger partial charge is 0.463 e. The van der Waals surface area contributed by atoms with Gasteiger partial charge in [-0.2, -0.15) is 0 Å². The molecule has 0 aliphatic rings. The van der Waals surface area contributed by atoms with Crippen LogP contribution in [0.2, 0.25) is 0 Å². The maximum Gasteiger partial charge on any atom is 0.305 e. The van der Waals surface area contributed by atoms with Gasteiger partial charge < -0.3 is 9.84 Å². The van der Waals surface area contributed by atoms with Crippen molar-refractivity contribution in [1.29, 1.82) is 0 Å². The van der Waals surface area contributed by atoms with Gasteiger partial charge >= 0.3 is 5.97 Å². The van der Waals surface area contributed by atoms with Gasteiger partial charge in [-0.1, -0.05) is 6.92 Å². The summed E-state index contributed by atoms with van der Waals surface area (Å²) < 4.78 is 4.56. The zero-order valence-corrected chi connectivity index (χ0v) is 5.76. The fourth-order valence-electron chi connectivity index (χ4n) is 0.316. The molecule has 1 atom stereocenters. The zero-order valence-electron chi connectivity index (χ0n) is 5.76. The molecule has 0 radical (unpaired) electrons. The van der Waals surface area contributed by atoms with Crippen LogP contribution in [0.3, 0.4) is 0 Å². The summed E-state index contributed by atoms with van der Waals surface area (Å²) in [7, 11) is 0. The number of carbonyl (C=O) groups is 1. The molecule has 0 fully saturated rings. The molecule has 0 aromatic carbocycles. The Morgan fingerprint density at radius 1 is 1.78 bits per heavy atom. The second kappa shape index (κ2) is 4.32. The summed E-state index contributed by atoms with van der Waals surface area (Å²) in [5, 5.41) is 8.62. The molecule has 0 aliphatic carbocycles. The predicted molar refractivity (Wildman–Crippen MR) is 32.9 cm³/mol. The second-order valence-corrected chi connectivity index (χ2v) is 1.89. The van der Waals surface area contributed by atoms with Crippen molar-refractivity contribution in [2.45, 2.75) is 26.4 Å². The van der Waals surface area contributed by atoms with Crippen LogP contribution in [0, 0.1) is 0 Å². The van der Waals surface area contributed by atoms with Gasteiger partial charge in [-0.25, -0.2) is 0 Å². The Hall–Kier alpha value is -0.570. The van der Waals surface area contributed by atoms with E-state index in [1.54, 1.807) is 13.8 Å². The van der Waals surface area contributed by atoms with Crippen molar-refractivity contribution in [2.75, 3.05) is 6.61 Å². The highest BCUT2D eigenvalue weighted by atomic mass is 16.5. The third-order valence-electron chi connectivity index (χ3n) is 0.774. The van der Waals surface area contributed by atoms with E-state index in [4.69, 9.17) is 5.11 Å². The maximum absolute atomic E-state index is 10.4. The Morgan fingerprint density at radius 3 is 2.67 bits per heavy atom. The summed E-state index contributed by atoms with van der Waals surface area (Å²) in [6, 6.07) is 0. The summed E-state index contributed by atoms with van der Waals surface area (Å²) in [5.74, 6) is -0.268. The van der Waals surface area contributed by atoms with Gasteiger partial charge in [0.05, 0.1) is 6.10 Å². The van der Waals surface area contributed by atoms with Gasteiger partial charge in [0.2, 0.25) is 0 Å². The Balaban J connectivity index is 3.17. The van der Waals surface area contributed by atoms with Gasteiger partial charge in [0.1, 0.15) is 6.61 Å². The summed E-state index contributed by atoms with van der Waals surface area (Å²) in [6.07, 6.45) is -0.187. The fourth-order valence-corrected chi connectivity index (χ4v) is 0.316. The minimum absolute atomic E-state index is 0.104. The summed E-state index contributed by atoms with van der Waals surface area (Å²) in [4.78, 5) is 10.4. The highest BCUT2D eigenvalue weighted by molar-refractivity contribution is 5.68. The molecule has 0 saturated carbocycles. The van der Waals surface area contributed by atoms with Crippen LogP contribution in [0.25, 0.3) is 0 Å². The lowest BCUT2D eigenvalue weighted by Gasteiger charge is -2.03. The number of hydrogen-bond donors (Lipinski definition) is 1. The number of rotatable bonds is 3. The molecule has 0 saturated heterocycles. The lowest BCUT2D eigenvalue weighted by molar-refractivity contribution is -0.145. The van der Waals surface area contributed by atoms with Crippen LogP contribution >= 0.6 is 0 Å². The van der Waals surface area contributed by atoms with Crippen LogP contribution in [0.1, 0.15) is 20.3 Å². The molecule has 0 aromatic heterocycles. The third kappa shape index (κ3) is 5.30. The monoisotopic (exact) mass is 132 g/mol. The minimum Gasteiger partial charge on any atom is -0.463 e. The van der Waals surface area contributed by atoms with E-state index in [-0.39, 0.29) is 12.6 Å². The van der Waals surface area contributed by atoms with Gasteiger partial charge in [-0.15, -0.1) is 0 Å². The summed E-state index contributed by atoms with van der Waals surface area (Å²) in [5.41, 5.74) is 0. The molecule has 54 valence electrons. The smallest absolute Gasteiger partial charge is 0.305 e. The maximum atomic E-state index is 10.4. The standard InChI is InChI=1S/C6H12O3/c1-3-6(8)9-4-5(2)7/h5,7H,3-4H2,1-2H3. The number of carbonyl (C=O) groups excluding carboxylic acids is 1.